The van der Waals surface area contributed by atoms with Crippen LogP contribution in [0.1, 0.15) is 79.6 Å². The Morgan fingerprint density at radius 3 is 2.24 bits per heavy atom. The van der Waals surface area contributed by atoms with Crippen molar-refractivity contribution < 1.29 is 18.4 Å². The summed E-state index contributed by atoms with van der Waals surface area (Å²) in [6.45, 7) is 9.57. The van der Waals surface area contributed by atoms with Crippen LogP contribution in [0.4, 0.5) is 14.5 Å². The van der Waals surface area contributed by atoms with Crippen LogP contribution < -0.4 is 5.32 Å². The number of nitrogens with one attached hydrogen (secondary N) is 1. The summed E-state index contributed by atoms with van der Waals surface area (Å²) in [4.78, 5) is 26.0. The molecular weight excluding hydrogens is 392 g/mol. The molecule has 2 rings (SSSR count). The Bertz CT molecular complexity index is 750. The summed E-state index contributed by atoms with van der Waals surface area (Å²) >= 11 is 0.846. The lowest BCUT2D eigenvalue weighted by atomic mass is 9.69. The molecule has 0 aromatic heterocycles. The van der Waals surface area contributed by atoms with E-state index >= 15 is 0 Å². The van der Waals surface area contributed by atoms with Crippen molar-refractivity contribution in [2.24, 2.45) is 16.7 Å². The molecule has 1 aromatic rings. The Kier molecular flexibility index (Phi) is 7.88. The van der Waals surface area contributed by atoms with E-state index in [0.29, 0.717) is 5.92 Å². The van der Waals surface area contributed by atoms with Crippen molar-refractivity contribution >= 4 is 28.5 Å². The fourth-order valence-electron chi connectivity index (χ4n) is 3.60. The number of carbonyl (C=O) groups excluding carboxylic acids is 2. The molecule has 1 fully saturated rings. The number of amides is 1. The van der Waals surface area contributed by atoms with Gasteiger partial charge in [0.05, 0.1) is 5.69 Å². The molecule has 0 spiro atoms. The number of thioether (sulfide) groups is 1. The minimum atomic E-state index is -1.03. The van der Waals surface area contributed by atoms with Crippen LogP contribution in [-0.2, 0) is 9.59 Å². The number of anilines is 1. The minimum absolute atomic E-state index is 0.145. The molecule has 1 saturated carbocycles. The van der Waals surface area contributed by atoms with Crippen LogP contribution >= 0.6 is 11.8 Å². The minimum Gasteiger partial charge on any atom is -0.324 e. The molecular formula is C23H33F2NO2S. The van der Waals surface area contributed by atoms with E-state index in [-0.39, 0.29) is 21.6 Å². The first-order valence-corrected chi connectivity index (χ1v) is 11.3. The van der Waals surface area contributed by atoms with Gasteiger partial charge in [0.2, 0.25) is 5.91 Å². The normalized spacial score (nSPS) is 16.7. The molecule has 6 heteroatoms. The second-order valence-corrected chi connectivity index (χ2v) is 10.6. The van der Waals surface area contributed by atoms with E-state index < -0.39 is 22.5 Å². The zero-order valence-corrected chi connectivity index (χ0v) is 19.0. The number of rotatable bonds is 6. The van der Waals surface area contributed by atoms with Gasteiger partial charge >= 0.3 is 0 Å². The van der Waals surface area contributed by atoms with Gasteiger partial charge in [-0.05, 0) is 49.4 Å². The number of hydrogen-bond donors (Lipinski definition) is 1. The molecule has 0 bridgehead atoms. The van der Waals surface area contributed by atoms with Gasteiger partial charge < -0.3 is 5.32 Å². The van der Waals surface area contributed by atoms with Crippen molar-refractivity contribution in [2.75, 3.05) is 5.32 Å². The van der Waals surface area contributed by atoms with Crippen LogP contribution in [0.15, 0.2) is 17.0 Å². The fourth-order valence-corrected chi connectivity index (χ4v) is 4.49. The predicted molar refractivity (Wildman–Crippen MR) is 115 cm³/mol. The summed E-state index contributed by atoms with van der Waals surface area (Å²) in [5.74, 6) is -1.72. The highest BCUT2D eigenvalue weighted by molar-refractivity contribution is 8.13. The molecule has 0 atom stereocenters. The molecule has 0 unspecified atom stereocenters. The number of halogens is 2. The van der Waals surface area contributed by atoms with E-state index in [9.17, 15) is 18.4 Å². The van der Waals surface area contributed by atoms with Crippen LogP contribution in [0.25, 0.3) is 0 Å². The van der Waals surface area contributed by atoms with Gasteiger partial charge in [-0.2, -0.15) is 0 Å². The molecule has 29 heavy (non-hydrogen) atoms. The first kappa shape index (κ1) is 23.8. The van der Waals surface area contributed by atoms with Crippen molar-refractivity contribution in [1.82, 2.24) is 0 Å². The van der Waals surface area contributed by atoms with Gasteiger partial charge in [-0.25, -0.2) is 8.78 Å². The summed E-state index contributed by atoms with van der Waals surface area (Å²) in [5, 5.41) is 2.68. The van der Waals surface area contributed by atoms with Crippen LogP contribution in [-0.4, -0.2) is 11.0 Å². The number of benzene rings is 1. The van der Waals surface area contributed by atoms with Crippen molar-refractivity contribution in [3.05, 3.63) is 23.8 Å². The van der Waals surface area contributed by atoms with Gasteiger partial charge in [-0.3, -0.25) is 9.59 Å². The predicted octanol–water partition coefficient (Wildman–Crippen LogP) is 6.95. The Hall–Kier alpha value is -1.43. The Morgan fingerprint density at radius 1 is 1.10 bits per heavy atom. The molecule has 0 heterocycles. The quantitative estimate of drug-likeness (QED) is 0.501. The first-order chi connectivity index (χ1) is 13.4. The lowest BCUT2D eigenvalue weighted by Gasteiger charge is -2.36. The molecule has 0 saturated heterocycles. The summed E-state index contributed by atoms with van der Waals surface area (Å²) in [5.41, 5.74) is -0.951. The third-order valence-corrected chi connectivity index (χ3v) is 6.93. The molecule has 0 radical (unpaired) electrons. The maximum atomic E-state index is 14.0. The summed E-state index contributed by atoms with van der Waals surface area (Å²) in [6.07, 6.45) is 6.43. The van der Waals surface area contributed by atoms with Crippen molar-refractivity contribution in [2.45, 2.75) is 84.5 Å². The van der Waals surface area contributed by atoms with Gasteiger partial charge in [-0.15, -0.1) is 0 Å². The standard InChI is InChI=1S/C23H33F2NO2S/c1-15(2)9-12-23(10-7-6-8-11-23)20(27)26-18-13-16(24)17(25)14-19(18)29-21(28)22(3,4)5/h13-15H,6-12H2,1-5H3,(H,26,27). The molecule has 1 N–H and O–H groups in total. The lowest BCUT2D eigenvalue weighted by Crippen LogP contribution is -2.38. The number of hydrogen-bond acceptors (Lipinski definition) is 3. The van der Waals surface area contributed by atoms with Crippen molar-refractivity contribution in [3.8, 4) is 0 Å². The van der Waals surface area contributed by atoms with Crippen LogP contribution in [0.2, 0.25) is 0 Å². The summed E-state index contributed by atoms with van der Waals surface area (Å²) in [6, 6.07) is 1.99. The van der Waals surface area contributed by atoms with Crippen molar-refractivity contribution in [3.63, 3.8) is 0 Å². The average molecular weight is 426 g/mol. The van der Waals surface area contributed by atoms with Gasteiger partial charge in [0.1, 0.15) is 0 Å². The highest BCUT2D eigenvalue weighted by atomic mass is 32.2. The average Bonchev–Trinajstić information content (AvgIpc) is 2.64. The van der Waals surface area contributed by atoms with Crippen LogP contribution in [0.5, 0.6) is 0 Å². The molecule has 162 valence electrons. The molecule has 1 amide bonds. The third kappa shape index (κ3) is 6.27. The van der Waals surface area contributed by atoms with E-state index in [2.05, 4.69) is 19.2 Å². The van der Waals surface area contributed by atoms with Crippen LogP contribution in [0, 0.1) is 28.4 Å². The van der Waals surface area contributed by atoms with E-state index in [1.165, 1.54) is 0 Å². The maximum Gasteiger partial charge on any atom is 0.230 e. The highest BCUT2D eigenvalue weighted by Gasteiger charge is 2.39. The maximum absolute atomic E-state index is 14.0. The van der Waals surface area contributed by atoms with Crippen molar-refractivity contribution in [1.29, 1.82) is 0 Å². The fraction of sp³-hybridized carbons (Fsp3) is 0.652. The Balaban J connectivity index is 2.31. The van der Waals surface area contributed by atoms with Gasteiger partial charge in [0.15, 0.2) is 16.7 Å². The second kappa shape index (κ2) is 9.59. The first-order valence-electron chi connectivity index (χ1n) is 10.5. The Labute approximate surface area is 177 Å². The van der Waals surface area contributed by atoms with E-state index in [1.54, 1.807) is 20.8 Å². The summed E-state index contributed by atoms with van der Waals surface area (Å²) in [7, 11) is 0. The van der Waals surface area contributed by atoms with Gasteiger partial charge in [0, 0.05) is 21.8 Å². The smallest absolute Gasteiger partial charge is 0.230 e. The largest absolute Gasteiger partial charge is 0.324 e. The second-order valence-electron chi connectivity index (χ2n) is 9.63. The van der Waals surface area contributed by atoms with Crippen LogP contribution in [0.3, 0.4) is 0 Å². The monoisotopic (exact) mass is 425 g/mol. The Morgan fingerprint density at radius 2 is 1.69 bits per heavy atom. The lowest BCUT2D eigenvalue weighted by molar-refractivity contribution is -0.128. The molecule has 3 nitrogen and oxygen atoms in total. The van der Waals surface area contributed by atoms with E-state index in [4.69, 9.17) is 0 Å². The molecule has 1 aliphatic carbocycles. The SMILES string of the molecule is CC(C)CCC1(C(=O)Nc2cc(F)c(F)cc2SC(=O)C(C)(C)C)CCCCC1. The topological polar surface area (TPSA) is 46.2 Å². The van der Waals surface area contributed by atoms with Gasteiger partial charge in [-0.1, -0.05) is 53.9 Å². The summed E-state index contributed by atoms with van der Waals surface area (Å²) < 4.78 is 27.8. The molecule has 1 aliphatic rings. The molecule has 1 aromatic carbocycles. The molecule has 0 aliphatic heterocycles. The third-order valence-electron chi connectivity index (χ3n) is 5.58. The zero-order chi connectivity index (χ0) is 21.8. The highest BCUT2D eigenvalue weighted by Crippen LogP contribution is 2.43. The zero-order valence-electron chi connectivity index (χ0n) is 18.2. The number of carbonyl (C=O) groups is 2. The van der Waals surface area contributed by atoms with E-state index in [1.807, 2.05) is 0 Å². The van der Waals surface area contributed by atoms with E-state index in [0.717, 1.165) is 68.8 Å². The van der Waals surface area contributed by atoms with Gasteiger partial charge in [0.25, 0.3) is 0 Å².